The van der Waals surface area contributed by atoms with Crippen LogP contribution < -0.4 is 10.6 Å². The fourth-order valence-corrected chi connectivity index (χ4v) is 3.26. The zero-order valence-corrected chi connectivity index (χ0v) is 18.2. The number of amides is 1. The number of hydrogen-bond donors (Lipinski definition) is 2. The van der Waals surface area contributed by atoms with Crippen LogP contribution in [0.15, 0.2) is 59.0 Å². The maximum atomic E-state index is 13.2. The van der Waals surface area contributed by atoms with E-state index in [1.54, 1.807) is 28.7 Å². The largest absolute Gasteiger partial charge is 0.451 e. The molecule has 0 unspecified atom stereocenters. The van der Waals surface area contributed by atoms with E-state index in [1.165, 1.54) is 42.5 Å². The van der Waals surface area contributed by atoms with E-state index < -0.39 is 22.6 Å². The minimum Gasteiger partial charge on any atom is -0.451 e. The van der Waals surface area contributed by atoms with Gasteiger partial charge in [0.25, 0.3) is 11.6 Å². The van der Waals surface area contributed by atoms with Crippen LogP contribution in [0.1, 0.15) is 16.1 Å². The summed E-state index contributed by atoms with van der Waals surface area (Å²) in [4.78, 5) is 22.7. The van der Waals surface area contributed by atoms with E-state index in [1.807, 2.05) is 0 Å². The molecule has 1 heterocycles. The predicted molar refractivity (Wildman–Crippen MR) is 119 cm³/mol. The number of rotatable bonds is 4. The first-order valence-corrected chi connectivity index (χ1v) is 9.87. The highest BCUT2D eigenvalue weighted by Gasteiger charge is 2.34. The van der Waals surface area contributed by atoms with Crippen LogP contribution in [0.2, 0.25) is 0 Å². The van der Waals surface area contributed by atoms with E-state index in [9.17, 15) is 28.1 Å². The van der Waals surface area contributed by atoms with Crippen LogP contribution in [0.5, 0.6) is 0 Å². The Morgan fingerprint density at radius 2 is 1.87 bits per heavy atom. The Kier molecular flexibility index (Phi) is 6.59. The number of benzene rings is 2. The molecule has 0 atom stereocenters. The standard InChI is InChI=1S/C19H11F3IN3O4S/c20-19(21,22)13-9-11(23)4-5-14(13)24-18(31)25-17(27)16-7-6-15(30-16)10-2-1-3-12(8-10)26(28)29/h1-9H,(H2,24,25,27,31). The van der Waals surface area contributed by atoms with Gasteiger partial charge in [0, 0.05) is 21.3 Å². The lowest BCUT2D eigenvalue weighted by atomic mass is 10.1. The van der Waals surface area contributed by atoms with Crippen LogP contribution in [-0.4, -0.2) is 15.9 Å². The monoisotopic (exact) mass is 561 g/mol. The van der Waals surface area contributed by atoms with Crippen molar-refractivity contribution in [1.82, 2.24) is 5.32 Å². The minimum absolute atomic E-state index is 0.150. The number of carbonyl (C=O) groups excluding carboxylic acids is 1. The van der Waals surface area contributed by atoms with E-state index in [0.717, 1.165) is 6.07 Å². The number of nitro benzene ring substituents is 1. The zero-order chi connectivity index (χ0) is 22.8. The number of hydrogen-bond acceptors (Lipinski definition) is 5. The average molecular weight is 561 g/mol. The third kappa shape index (κ3) is 5.58. The second kappa shape index (κ2) is 9.01. The Balaban J connectivity index is 1.73. The van der Waals surface area contributed by atoms with Crippen molar-refractivity contribution < 1.29 is 27.3 Å². The third-order valence-electron chi connectivity index (χ3n) is 3.93. The maximum absolute atomic E-state index is 13.2. The van der Waals surface area contributed by atoms with Crippen molar-refractivity contribution in [2.75, 3.05) is 5.32 Å². The smallest absolute Gasteiger partial charge is 0.418 e. The Hall–Kier alpha value is -3.00. The highest BCUT2D eigenvalue weighted by atomic mass is 127. The first-order chi connectivity index (χ1) is 14.5. The Labute approximate surface area is 191 Å². The molecule has 0 fully saturated rings. The molecule has 2 N–H and O–H groups in total. The second-order valence-corrected chi connectivity index (χ2v) is 7.72. The van der Waals surface area contributed by atoms with Crippen LogP contribution in [-0.2, 0) is 6.18 Å². The number of furan rings is 1. The first kappa shape index (κ1) is 22.7. The molecule has 0 radical (unpaired) electrons. The van der Waals surface area contributed by atoms with E-state index in [4.69, 9.17) is 16.6 Å². The van der Waals surface area contributed by atoms with Crippen LogP contribution in [0.25, 0.3) is 11.3 Å². The van der Waals surface area contributed by atoms with Crippen molar-refractivity contribution in [2.45, 2.75) is 6.18 Å². The fourth-order valence-electron chi connectivity index (χ4n) is 2.57. The zero-order valence-electron chi connectivity index (χ0n) is 15.2. The number of halogens is 4. The van der Waals surface area contributed by atoms with Crippen LogP contribution in [0.3, 0.4) is 0 Å². The topological polar surface area (TPSA) is 97.4 Å². The molecule has 0 aliphatic heterocycles. The second-order valence-electron chi connectivity index (χ2n) is 6.07. The van der Waals surface area contributed by atoms with E-state index in [-0.39, 0.29) is 28.0 Å². The number of anilines is 1. The summed E-state index contributed by atoms with van der Waals surface area (Å²) in [6.45, 7) is 0. The number of alkyl halides is 3. The first-order valence-electron chi connectivity index (χ1n) is 8.38. The quantitative estimate of drug-likeness (QED) is 0.186. The Morgan fingerprint density at radius 1 is 1.13 bits per heavy atom. The molecule has 160 valence electrons. The molecule has 2 aromatic carbocycles. The lowest BCUT2D eigenvalue weighted by Gasteiger charge is -2.15. The summed E-state index contributed by atoms with van der Waals surface area (Å²) in [5.41, 5.74) is -1.01. The number of non-ortho nitro benzene ring substituents is 1. The lowest BCUT2D eigenvalue weighted by Crippen LogP contribution is -2.34. The molecule has 0 spiro atoms. The summed E-state index contributed by atoms with van der Waals surface area (Å²) in [5.74, 6) is -0.776. The van der Waals surface area contributed by atoms with Crippen LogP contribution in [0, 0.1) is 13.7 Å². The Morgan fingerprint density at radius 3 is 2.55 bits per heavy atom. The summed E-state index contributed by atoms with van der Waals surface area (Å²) < 4.78 is 45.4. The van der Waals surface area contributed by atoms with Crippen molar-refractivity contribution in [3.05, 3.63) is 79.6 Å². The summed E-state index contributed by atoms with van der Waals surface area (Å²) in [6.07, 6.45) is -4.61. The van der Waals surface area contributed by atoms with Gasteiger partial charge < -0.3 is 9.73 Å². The van der Waals surface area contributed by atoms with Crippen LogP contribution >= 0.6 is 34.8 Å². The van der Waals surface area contributed by atoms with Gasteiger partial charge in [-0.3, -0.25) is 20.2 Å². The molecule has 0 saturated heterocycles. The molecular weight excluding hydrogens is 550 g/mol. The molecule has 1 amide bonds. The highest BCUT2D eigenvalue weighted by Crippen LogP contribution is 2.35. The van der Waals surface area contributed by atoms with Gasteiger partial charge in [-0.25, -0.2) is 0 Å². The summed E-state index contributed by atoms with van der Waals surface area (Å²) in [5, 5.41) is 15.1. The molecule has 3 aromatic rings. The van der Waals surface area contributed by atoms with Gasteiger partial charge in [-0.15, -0.1) is 0 Å². The number of carbonyl (C=O) groups is 1. The molecule has 0 aliphatic rings. The molecule has 31 heavy (non-hydrogen) atoms. The van der Waals surface area contributed by atoms with Crippen molar-refractivity contribution in [1.29, 1.82) is 0 Å². The predicted octanol–water partition coefficient (Wildman–Crippen LogP) is 5.61. The molecule has 3 rings (SSSR count). The van der Waals surface area contributed by atoms with Gasteiger partial charge >= 0.3 is 6.18 Å². The number of nitro groups is 1. The van der Waals surface area contributed by atoms with Crippen LogP contribution in [0.4, 0.5) is 24.5 Å². The number of nitrogens with one attached hydrogen (secondary N) is 2. The minimum atomic E-state index is -4.61. The molecule has 12 heteroatoms. The summed E-state index contributed by atoms with van der Waals surface area (Å²) in [7, 11) is 0. The fraction of sp³-hybridized carbons (Fsp3) is 0.0526. The molecule has 1 aromatic heterocycles. The van der Waals surface area contributed by atoms with Gasteiger partial charge in [0.15, 0.2) is 10.9 Å². The number of nitrogens with zero attached hydrogens (tertiary/aromatic N) is 1. The molecular formula is C19H11F3IN3O4S. The van der Waals surface area contributed by atoms with Gasteiger partial charge in [0.05, 0.1) is 16.2 Å². The average Bonchev–Trinajstić information content (AvgIpc) is 3.19. The van der Waals surface area contributed by atoms with Gasteiger partial charge in [-0.05, 0) is 65.1 Å². The van der Waals surface area contributed by atoms with Gasteiger partial charge in [-0.2, -0.15) is 13.2 Å². The van der Waals surface area contributed by atoms with Gasteiger partial charge in [-0.1, -0.05) is 12.1 Å². The molecule has 0 aliphatic carbocycles. The van der Waals surface area contributed by atoms with Crippen molar-refractivity contribution in [3.63, 3.8) is 0 Å². The summed E-state index contributed by atoms with van der Waals surface area (Å²) in [6, 6.07) is 12.0. The van der Waals surface area contributed by atoms with Crippen molar-refractivity contribution in [3.8, 4) is 11.3 Å². The van der Waals surface area contributed by atoms with Crippen molar-refractivity contribution >= 4 is 57.2 Å². The normalized spacial score (nSPS) is 11.1. The van der Waals surface area contributed by atoms with Crippen molar-refractivity contribution in [2.24, 2.45) is 0 Å². The van der Waals surface area contributed by atoms with E-state index >= 15 is 0 Å². The Bertz CT molecular complexity index is 1180. The number of thiocarbonyl (C=S) groups is 1. The molecule has 0 bridgehead atoms. The SMILES string of the molecule is O=C(NC(=S)Nc1ccc(I)cc1C(F)(F)F)c1ccc(-c2cccc([N+](=O)[O-])c2)o1. The van der Waals surface area contributed by atoms with Gasteiger partial charge in [0.2, 0.25) is 0 Å². The summed E-state index contributed by atoms with van der Waals surface area (Å²) >= 11 is 6.70. The lowest BCUT2D eigenvalue weighted by molar-refractivity contribution is -0.384. The molecule has 0 saturated carbocycles. The highest BCUT2D eigenvalue weighted by molar-refractivity contribution is 14.1. The van der Waals surface area contributed by atoms with E-state index in [0.29, 0.717) is 9.13 Å². The third-order valence-corrected chi connectivity index (χ3v) is 4.81. The van der Waals surface area contributed by atoms with Gasteiger partial charge in [0.1, 0.15) is 5.76 Å². The van der Waals surface area contributed by atoms with E-state index in [2.05, 4.69) is 10.6 Å². The maximum Gasteiger partial charge on any atom is 0.418 e. The molecule has 7 nitrogen and oxygen atoms in total.